The third kappa shape index (κ3) is 4.45. The van der Waals surface area contributed by atoms with E-state index in [1.54, 1.807) is 0 Å². The van der Waals surface area contributed by atoms with Gasteiger partial charge in [-0.3, -0.25) is 9.69 Å². The first kappa shape index (κ1) is 19.7. The first-order valence-electron chi connectivity index (χ1n) is 10.5. The van der Waals surface area contributed by atoms with Crippen LogP contribution in [0.1, 0.15) is 27.9 Å². The fraction of sp³-hybridized carbons (Fsp3) is 0.200. The van der Waals surface area contributed by atoms with Gasteiger partial charge in [0, 0.05) is 36.8 Å². The Labute approximate surface area is 185 Å². The molecule has 0 spiro atoms. The lowest BCUT2D eigenvalue weighted by Crippen LogP contribution is -2.30. The number of pyridine rings is 1. The quantitative estimate of drug-likeness (QED) is 0.443. The van der Waals surface area contributed by atoms with E-state index in [9.17, 15) is 4.79 Å². The summed E-state index contributed by atoms with van der Waals surface area (Å²) >= 11 is 1.51. The van der Waals surface area contributed by atoms with Gasteiger partial charge in [0.1, 0.15) is 5.82 Å². The normalized spacial score (nSPS) is 14.5. The molecule has 1 amide bonds. The minimum atomic E-state index is -0.129. The first-order chi connectivity index (χ1) is 15.3. The number of anilines is 1. The Bertz CT molecular complexity index is 1210. The summed E-state index contributed by atoms with van der Waals surface area (Å²) in [6.45, 7) is 3.06. The third-order valence-electron chi connectivity index (χ3n) is 5.75. The van der Waals surface area contributed by atoms with Gasteiger partial charge in [0.2, 0.25) is 0 Å². The number of benzene rings is 1. The van der Waals surface area contributed by atoms with E-state index in [4.69, 9.17) is 4.98 Å². The Morgan fingerprint density at radius 3 is 2.84 bits per heavy atom. The Morgan fingerprint density at radius 1 is 1.16 bits per heavy atom. The number of carbonyl (C=O) groups is 1. The van der Waals surface area contributed by atoms with Crippen molar-refractivity contribution < 1.29 is 4.79 Å². The van der Waals surface area contributed by atoms with Crippen molar-refractivity contribution in [3.63, 3.8) is 0 Å². The van der Waals surface area contributed by atoms with Crippen LogP contribution in [-0.4, -0.2) is 40.4 Å². The van der Waals surface area contributed by atoms with Crippen LogP contribution in [0.4, 0.5) is 5.82 Å². The van der Waals surface area contributed by atoms with Gasteiger partial charge in [-0.2, -0.15) is 11.3 Å². The van der Waals surface area contributed by atoms with E-state index in [2.05, 4.69) is 51.6 Å². The lowest BCUT2D eigenvalue weighted by atomic mass is 10.0. The second-order valence-electron chi connectivity index (χ2n) is 7.78. The van der Waals surface area contributed by atoms with Crippen LogP contribution in [0.25, 0.3) is 16.6 Å². The lowest BCUT2D eigenvalue weighted by Gasteiger charge is -2.26. The molecule has 0 aliphatic carbocycles. The van der Waals surface area contributed by atoms with Crippen LogP contribution >= 0.6 is 11.3 Å². The van der Waals surface area contributed by atoms with Crippen LogP contribution in [0.3, 0.4) is 0 Å². The van der Waals surface area contributed by atoms with Crippen molar-refractivity contribution in [1.29, 1.82) is 0 Å². The highest BCUT2D eigenvalue weighted by Gasteiger charge is 2.17. The third-order valence-corrected chi connectivity index (χ3v) is 6.43. The second-order valence-corrected chi connectivity index (χ2v) is 8.56. The Morgan fingerprint density at radius 2 is 2.06 bits per heavy atom. The topological polar surface area (TPSA) is 61.0 Å². The molecule has 0 bridgehead atoms. The van der Waals surface area contributed by atoms with Crippen molar-refractivity contribution in [3.05, 3.63) is 88.3 Å². The number of nitrogens with zero attached hydrogens (tertiary/aromatic N) is 2. The highest BCUT2D eigenvalue weighted by Crippen LogP contribution is 2.29. The predicted octanol–water partition coefficient (Wildman–Crippen LogP) is 5.21. The number of H-pyrrole nitrogens is 1. The smallest absolute Gasteiger partial charge is 0.257 e. The summed E-state index contributed by atoms with van der Waals surface area (Å²) in [6, 6.07) is 16.3. The maximum absolute atomic E-state index is 12.4. The van der Waals surface area contributed by atoms with E-state index in [1.807, 2.05) is 35.2 Å². The van der Waals surface area contributed by atoms with E-state index in [0.29, 0.717) is 11.4 Å². The first-order valence-corrected chi connectivity index (χ1v) is 11.5. The molecule has 6 heteroatoms. The molecule has 0 saturated heterocycles. The van der Waals surface area contributed by atoms with Gasteiger partial charge in [-0.25, -0.2) is 4.98 Å². The van der Waals surface area contributed by atoms with Crippen molar-refractivity contribution in [2.24, 2.45) is 0 Å². The molecule has 31 heavy (non-hydrogen) atoms. The van der Waals surface area contributed by atoms with Gasteiger partial charge in [0.25, 0.3) is 5.91 Å². The zero-order valence-corrected chi connectivity index (χ0v) is 18.0. The molecule has 5 nitrogen and oxygen atoms in total. The molecule has 156 valence electrons. The molecule has 2 N–H and O–H groups in total. The average Bonchev–Trinajstić information content (AvgIpc) is 3.49. The molecular weight excluding hydrogens is 404 g/mol. The number of carbonyl (C=O) groups excluding carboxylic acids is 1. The summed E-state index contributed by atoms with van der Waals surface area (Å²) in [5, 5.41) is 6.65. The number of aromatic amines is 1. The Kier molecular flexibility index (Phi) is 5.65. The molecule has 0 fully saturated rings. The van der Waals surface area contributed by atoms with Crippen LogP contribution in [0.5, 0.6) is 0 Å². The summed E-state index contributed by atoms with van der Waals surface area (Å²) in [5.41, 5.74) is 6.38. The molecular formula is C25H24N4OS. The van der Waals surface area contributed by atoms with E-state index in [1.165, 1.54) is 22.5 Å². The summed E-state index contributed by atoms with van der Waals surface area (Å²) in [6.07, 6.45) is 6.42. The number of hydrogen-bond donors (Lipinski definition) is 2. The van der Waals surface area contributed by atoms with Crippen LogP contribution < -0.4 is 5.32 Å². The van der Waals surface area contributed by atoms with Crippen LogP contribution in [0, 0.1) is 0 Å². The van der Waals surface area contributed by atoms with E-state index < -0.39 is 0 Å². The monoisotopic (exact) mass is 428 g/mol. The van der Waals surface area contributed by atoms with Gasteiger partial charge >= 0.3 is 0 Å². The van der Waals surface area contributed by atoms with Gasteiger partial charge in [-0.05, 0) is 47.6 Å². The zero-order chi connectivity index (χ0) is 21.0. The van der Waals surface area contributed by atoms with E-state index in [0.717, 1.165) is 49.1 Å². The minimum Gasteiger partial charge on any atom is -0.359 e. The van der Waals surface area contributed by atoms with Crippen molar-refractivity contribution in [2.45, 2.75) is 12.8 Å². The molecule has 4 aromatic rings. The number of thiophene rings is 1. The average molecular weight is 429 g/mol. The SMILES string of the molecule is O=C(Nc1ccc2[nH]cc(C3=CCN(CCc4ccccc4)CC3)c2n1)c1ccsc1. The van der Waals surface area contributed by atoms with Crippen LogP contribution in [0.2, 0.25) is 0 Å². The summed E-state index contributed by atoms with van der Waals surface area (Å²) in [4.78, 5) is 22.9. The summed E-state index contributed by atoms with van der Waals surface area (Å²) < 4.78 is 0. The maximum atomic E-state index is 12.4. The van der Waals surface area contributed by atoms with Gasteiger partial charge < -0.3 is 10.3 Å². The molecule has 0 radical (unpaired) electrons. The molecule has 0 atom stereocenters. The van der Waals surface area contributed by atoms with Crippen molar-refractivity contribution in [1.82, 2.24) is 14.9 Å². The number of rotatable bonds is 6. The largest absolute Gasteiger partial charge is 0.359 e. The maximum Gasteiger partial charge on any atom is 0.257 e. The second kappa shape index (κ2) is 8.88. The number of amides is 1. The van der Waals surface area contributed by atoms with Crippen LogP contribution in [-0.2, 0) is 6.42 Å². The van der Waals surface area contributed by atoms with Gasteiger partial charge in [-0.1, -0.05) is 36.4 Å². The fourth-order valence-electron chi connectivity index (χ4n) is 3.99. The standard InChI is InChI=1S/C25H24N4OS/c30-25(20-11-15-31-17-20)28-23-7-6-22-24(27-23)21(16-26-22)19-9-13-29(14-10-19)12-8-18-4-2-1-3-5-18/h1-7,9,11,15-17,26H,8,10,12-14H2,(H,27,28,30). The molecule has 0 unspecified atom stereocenters. The van der Waals surface area contributed by atoms with Gasteiger partial charge in [-0.15, -0.1) is 0 Å². The summed E-state index contributed by atoms with van der Waals surface area (Å²) in [5.74, 6) is 0.446. The number of nitrogens with one attached hydrogen (secondary N) is 2. The Hall–Kier alpha value is -3.22. The number of fused-ring (bicyclic) bond motifs is 1. The number of hydrogen-bond acceptors (Lipinski definition) is 4. The van der Waals surface area contributed by atoms with Gasteiger partial charge in [0.15, 0.2) is 0 Å². The minimum absolute atomic E-state index is 0.129. The zero-order valence-electron chi connectivity index (χ0n) is 17.2. The Balaban J connectivity index is 1.28. The highest BCUT2D eigenvalue weighted by atomic mass is 32.1. The lowest BCUT2D eigenvalue weighted by molar-refractivity contribution is 0.102. The number of aromatic nitrogens is 2. The van der Waals surface area contributed by atoms with Gasteiger partial charge in [0.05, 0.1) is 16.6 Å². The molecule has 1 aliphatic heterocycles. The molecule has 3 aromatic heterocycles. The van der Waals surface area contributed by atoms with Crippen molar-refractivity contribution in [3.8, 4) is 0 Å². The van der Waals surface area contributed by atoms with Crippen molar-refractivity contribution >= 4 is 39.7 Å². The predicted molar refractivity (Wildman–Crippen MR) is 128 cm³/mol. The van der Waals surface area contributed by atoms with Crippen LogP contribution in [0.15, 0.2) is 71.6 Å². The molecule has 1 aromatic carbocycles. The molecule has 1 aliphatic rings. The molecule has 5 rings (SSSR count). The summed E-state index contributed by atoms with van der Waals surface area (Å²) in [7, 11) is 0. The fourth-order valence-corrected chi connectivity index (χ4v) is 4.62. The van der Waals surface area contributed by atoms with E-state index >= 15 is 0 Å². The van der Waals surface area contributed by atoms with Crippen molar-refractivity contribution in [2.75, 3.05) is 25.0 Å². The molecule has 4 heterocycles. The highest BCUT2D eigenvalue weighted by molar-refractivity contribution is 7.08. The molecule has 0 saturated carbocycles. The van der Waals surface area contributed by atoms with E-state index in [-0.39, 0.29) is 5.91 Å².